The number of rotatable bonds is 6. The molecule has 0 radical (unpaired) electrons. The van der Waals surface area contributed by atoms with Gasteiger partial charge in [0, 0.05) is 5.69 Å². The Labute approximate surface area is 157 Å². The van der Waals surface area contributed by atoms with E-state index >= 15 is 0 Å². The zero-order chi connectivity index (χ0) is 19.5. The van der Waals surface area contributed by atoms with Crippen LogP contribution in [0.25, 0.3) is 0 Å². The molecule has 0 saturated heterocycles. The summed E-state index contributed by atoms with van der Waals surface area (Å²) >= 11 is 5.72. The minimum Gasteiger partial charge on any atom is -0.325 e. The molecule has 0 saturated carbocycles. The first-order valence-electron chi connectivity index (χ1n) is 7.90. The summed E-state index contributed by atoms with van der Waals surface area (Å²) in [6, 6.07) is 10.8. The zero-order valence-electron chi connectivity index (χ0n) is 14.7. The van der Waals surface area contributed by atoms with Crippen molar-refractivity contribution in [3.05, 3.63) is 58.9 Å². The van der Waals surface area contributed by atoms with E-state index in [1.807, 2.05) is 12.1 Å². The standard InChI is InChI=1S/C18H20ClFN2O3S/c1-12(2)13-4-6-14(7-5-13)21-18(23)11-22(26(3,24)25)15-8-9-17(20)16(19)10-15/h4-10,12H,11H2,1-3H3,(H,21,23). The van der Waals surface area contributed by atoms with E-state index in [1.54, 1.807) is 12.1 Å². The molecule has 8 heteroatoms. The Hall–Kier alpha value is -2.12. The second-order valence-electron chi connectivity index (χ2n) is 6.19. The van der Waals surface area contributed by atoms with Crippen LogP contribution in [0.5, 0.6) is 0 Å². The number of amides is 1. The summed E-state index contributed by atoms with van der Waals surface area (Å²) in [5.41, 5.74) is 1.80. The molecule has 0 spiro atoms. The summed E-state index contributed by atoms with van der Waals surface area (Å²) in [5.74, 6) is -0.824. The summed E-state index contributed by atoms with van der Waals surface area (Å²) in [6.45, 7) is 3.67. The Balaban J connectivity index is 2.17. The van der Waals surface area contributed by atoms with Crippen molar-refractivity contribution in [1.29, 1.82) is 0 Å². The molecule has 2 aromatic rings. The van der Waals surface area contributed by atoms with E-state index in [1.165, 1.54) is 12.1 Å². The third-order valence-electron chi connectivity index (χ3n) is 3.74. The highest BCUT2D eigenvalue weighted by Crippen LogP contribution is 2.24. The predicted octanol–water partition coefficient (Wildman–Crippen LogP) is 4.01. The lowest BCUT2D eigenvalue weighted by Gasteiger charge is -2.22. The van der Waals surface area contributed by atoms with Gasteiger partial charge in [0.05, 0.1) is 17.0 Å². The quantitative estimate of drug-likeness (QED) is 0.799. The van der Waals surface area contributed by atoms with E-state index in [0.29, 0.717) is 11.6 Å². The van der Waals surface area contributed by atoms with Crippen LogP contribution >= 0.6 is 11.6 Å². The van der Waals surface area contributed by atoms with Crippen molar-refractivity contribution >= 4 is 38.9 Å². The summed E-state index contributed by atoms with van der Waals surface area (Å²) < 4.78 is 38.3. The van der Waals surface area contributed by atoms with Crippen LogP contribution in [0.15, 0.2) is 42.5 Å². The molecule has 0 aliphatic heterocycles. The molecular formula is C18H20ClFN2O3S. The Morgan fingerprint density at radius 2 is 1.81 bits per heavy atom. The molecule has 0 bridgehead atoms. The molecule has 2 aromatic carbocycles. The Morgan fingerprint density at radius 1 is 1.19 bits per heavy atom. The van der Waals surface area contributed by atoms with Crippen LogP contribution in [0.4, 0.5) is 15.8 Å². The third-order valence-corrected chi connectivity index (χ3v) is 5.17. The topological polar surface area (TPSA) is 66.5 Å². The Morgan fingerprint density at radius 3 is 2.31 bits per heavy atom. The molecule has 0 atom stereocenters. The van der Waals surface area contributed by atoms with Crippen LogP contribution in [-0.2, 0) is 14.8 Å². The van der Waals surface area contributed by atoms with Crippen molar-refractivity contribution in [2.24, 2.45) is 0 Å². The highest BCUT2D eigenvalue weighted by atomic mass is 35.5. The number of anilines is 2. The van der Waals surface area contributed by atoms with Gasteiger partial charge in [-0.2, -0.15) is 0 Å². The highest BCUT2D eigenvalue weighted by Gasteiger charge is 2.22. The van der Waals surface area contributed by atoms with Crippen LogP contribution in [-0.4, -0.2) is 27.1 Å². The van der Waals surface area contributed by atoms with Gasteiger partial charge in [0.1, 0.15) is 12.4 Å². The first kappa shape index (κ1) is 20.2. The number of carbonyl (C=O) groups excluding carboxylic acids is 1. The van der Waals surface area contributed by atoms with Gasteiger partial charge in [-0.15, -0.1) is 0 Å². The molecule has 26 heavy (non-hydrogen) atoms. The second-order valence-corrected chi connectivity index (χ2v) is 8.51. The van der Waals surface area contributed by atoms with E-state index in [2.05, 4.69) is 19.2 Å². The van der Waals surface area contributed by atoms with Gasteiger partial charge in [0.25, 0.3) is 0 Å². The maximum atomic E-state index is 13.3. The molecule has 0 fully saturated rings. The lowest BCUT2D eigenvalue weighted by molar-refractivity contribution is -0.114. The molecule has 0 unspecified atom stereocenters. The van der Waals surface area contributed by atoms with Crippen LogP contribution in [0.3, 0.4) is 0 Å². The fraction of sp³-hybridized carbons (Fsp3) is 0.278. The summed E-state index contributed by atoms with van der Waals surface area (Å²) in [5, 5.41) is 2.43. The number of nitrogens with zero attached hydrogens (tertiary/aromatic N) is 1. The van der Waals surface area contributed by atoms with E-state index in [4.69, 9.17) is 11.6 Å². The molecular weight excluding hydrogens is 379 g/mol. The lowest BCUT2D eigenvalue weighted by atomic mass is 10.0. The highest BCUT2D eigenvalue weighted by molar-refractivity contribution is 7.92. The Kier molecular flexibility index (Phi) is 6.26. The fourth-order valence-electron chi connectivity index (χ4n) is 2.32. The van der Waals surface area contributed by atoms with Crippen LogP contribution in [0.2, 0.25) is 5.02 Å². The van der Waals surface area contributed by atoms with E-state index in [9.17, 15) is 17.6 Å². The lowest BCUT2D eigenvalue weighted by Crippen LogP contribution is -2.37. The second kappa shape index (κ2) is 8.05. The molecule has 2 rings (SSSR count). The number of nitrogens with one attached hydrogen (secondary N) is 1. The molecule has 140 valence electrons. The monoisotopic (exact) mass is 398 g/mol. The number of hydrogen-bond acceptors (Lipinski definition) is 3. The first-order chi connectivity index (χ1) is 12.1. The largest absolute Gasteiger partial charge is 0.325 e. The van der Waals surface area contributed by atoms with Crippen molar-refractivity contribution in [3.8, 4) is 0 Å². The summed E-state index contributed by atoms with van der Waals surface area (Å²) in [6.07, 6.45) is 0.967. The maximum absolute atomic E-state index is 13.3. The van der Waals surface area contributed by atoms with Crippen molar-refractivity contribution in [3.63, 3.8) is 0 Å². The minimum absolute atomic E-state index is 0.115. The summed E-state index contributed by atoms with van der Waals surface area (Å²) in [4.78, 5) is 12.3. The predicted molar refractivity (Wildman–Crippen MR) is 103 cm³/mol. The first-order valence-corrected chi connectivity index (χ1v) is 10.1. The van der Waals surface area contributed by atoms with Crippen LogP contribution in [0, 0.1) is 5.82 Å². The van der Waals surface area contributed by atoms with Gasteiger partial charge < -0.3 is 5.32 Å². The number of carbonyl (C=O) groups is 1. The maximum Gasteiger partial charge on any atom is 0.245 e. The minimum atomic E-state index is -3.76. The van der Waals surface area contributed by atoms with Gasteiger partial charge in [-0.25, -0.2) is 12.8 Å². The van der Waals surface area contributed by atoms with E-state index in [-0.39, 0.29) is 10.7 Å². The average molecular weight is 399 g/mol. The molecule has 0 heterocycles. The van der Waals surface area contributed by atoms with Crippen LogP contribution < -0.4 is 9.62 Å². The molecule has 0 aromatic heterocycles. The molecule has 5 nitrogen and oxygen atoms in total. The van der Waals surface area contributed by atoms with Gasteiger partial charge in [-0.1, -0.05) is 37.6 Å². The van der Waals surface area contributed by atoms with Gasteiger partial charge in [-0.05, 0) is 41.8 Å². The number of halogens is 2. The molecule has 1 amide bonds. The number of hydrogen-bond donors (Lipinski definition) is 1. The molecule has 0 aliphatic rings. The molecule has 1 N–H and O–H groups in total. The van der Waals surface area contributed by atoms with Crippen molar-refractivity contribution in [2.75, 3.05) is 22.4 Å². The van der Waals surface area contributed by atoms with Crippen molar-refractivity contribution in [1.82, 2.24) is 0 Å². The van der Waals surface area contributed by atoms with Crippen molar-refractivity contribution in [2.45, 2.75) is 19.8 Å². The normalized spacial score (nSPS) is 11.5. The van der Waals surface area contributed by atoms with Gasteiger partial charge in [0.15, 0.2) is 0 Å². The van der Waals surface area contributed by atoms with Crippen molar-refractivity contribution < 1.29 is 17.6 Å². The smallest absolute Gasteiger partial charge is 0.245 e. The Bertz CT molecular complexity index is 899. The summed E-state index contributed by atoms with van der Waals surface area (Å²) in [7, 11) is -3.76. The van der Waals surface area contributed by atoms with E-state index in [0.717, 1.165) is 22.2 Å². The SMILES string of the molecule is CC(C)c1ccc(NC(=O)CN(c2ccc(F)c(Cl)c2)S(C)(=O)=O)cc1. The number of benzene rings is 2. The van der Waals surface area contributed by atoms with E-state index < -0.39 is 28.3 Å². The van der Waals surface area contributed by atoms with Gasteiger partial charge in [0.2, 0.25) is 15.9 Å². The third kappa shape index (κ3) is 5.19. The zero-order valence-corrected chi connectivity index (χ0v) is 16.2. The molecule has 0 aliphatic carbocycles. The average Bonchev–Trinajstić information content (AvgIpc) is 2.55. The fourth-order valence-corrected chi connectivity index (χ4v) is 3.35. The van der Waals surface area contributed by atoms with Gasteiger partial charge in [-0.3, -0.25) is 9.10 Å². The van der Waals surface area contributed by atoms with Gasteiger partial charge >= 0.3 is 0 Å². The number of sulfonamides is 1. The van der Waals surface area contributed by atoms with Crippen LogP contribution in [0.1, 0.15) is 25.3 Å².